The van der Waals surface area contributed by atoms with Gasteiger partial charge in [0.2, 0.25) is 5.95 Å². The lowest BCUT2D eigenvalue weighted by atomic mass is 10.00. The fourth-order valence-electron chi connectivity index (χ4n) is 2.61. The fourth-order valence-corrected chi connectivity index (χ4v) is 2.61. The molecule has 0 bridgehead atoms. The van der Waals surface area contributed by atoms with Crippen LogP contribution in [0.25, 0.3) is 0 Å². The van der Waals surface area contributed by atoms with Gasteiger partial charge in [0, 0.05) is 25.3 Å². The number of nitrogens with one attached hydrogen (secondary N) is 1. The number of hydrogen-bond acceptors (Lipinski definition) is 4. The Hall–Kier alpha value is -2.10. The Morgan fingerprint density at radius 3 is 2.86 bits per heavy atom. The molecule has 1 unspecified atom stereocenters. The van der Waals surface area contributed by atoms with Crippen LogP contribution in [0.4, 0.5) is 11.8 Å². The zero-order valence-electron chi connectivity index (χ0n) is 12.7. The maximum Gasteiger partial charge on any atom is 0.224 e. The highest BCUT2D eigenvalue weighted by atomic mass is 15.2. The largest absolute Gasteiger partial charge is 0.352 e. The van der Waals surface area contributed by atoms with Crippen LogP contribution in [0, 0.1) is 0 Å². The van der Waals surface area contributed by atoms with Crippen LogP contribution in [0.2, 0.25) is 0 Å². The highest BCUT2D eigenvalue weighted by Crippen LogP contribution is 2.23. The van der Waals surface area contributed by atoms with Crippen molar-refractivity contribution in [2.45, 2.75) is 39.3 Å². The standard InChI is InChI=1S/C17H22N4/c1-3-13(2)19-17-18-10-8-16(20-17)21-11-9-14-6-4-5-7-15(14)12-21/h4-8,10,13H,3,9,11-12H2,1-2H3,(H,18,19,20). The molecule has 0 fully saturated rings. The second-order valence-electron chi connectivity index (χ2n) is 5.63. The van der Waals surface area contributed by atoms with Crippen LogP contribution in [0.1, 0.15) is 31.4 Å². The van der Waals surface area contributed by atoms with Gasteiger partial charge in [-0.15, -0.1) is 0 Å². The number of benzene rings is 1. The number of aromatic nitrogens is 2. The zero-order chi connectivity index (χ0) is 14.7. The molecule has 0 saturated heterocycles. The van der Waals surface area contributed by atoms with Gasteiger partial charge in [0.05, 0.1) is 0 Å². The summed E-state index contributed by atoms with van der Waals surface area (Å²) in [4.78, 5) is 11.3. The summed E-state index contributed by atoms with van der Waals surface area (Å²) in [6, 6.07) is 11.0. The summed E-state index contributed by atoms with van der Waals surface area (Å²) in [5.74, 6) is 1.73. The molecule has 4 nitrogen and oxygen atoms in total. The number of hydrogen-bond donors (Lipinski definition) is 1. The van der Waals surface area contributed by atoms with E-state index >= 15 is 0 Å². The summed E-state index contributed by atoms with van der Waals surface area (Å²) in [5.41, 5.74) is 2.86. The minimum Gasteiger partial charge on any atom is -0.352 e. The van der Waals surface area contributed by atoms with Crippen molar-refractivity contribution < 1.29 is 0 Å². The summed E-state index contributed by atoms with van der Waals surface area (Å²) < 4.78 is 0. The average molecular weight is 282 g/mol. The Morgan fingerprint density at radius 2 is 2.05 bits per heavy atom. The molecule has 0 amide bonds. The van der Waals surface area contributed by atoms with Gasteiger partial charge in [-0.3, -0.25) is 0 Å². The lowest BCUT2D eigenvalue weighted by molar-refractivity contribution is 0.715. The minimum atomic E-state index is 0.391. The maximum absolute atomic E-state index is 4.66. The van der Waals surface area contributed by atoms with E-state index in [1.165, 1.54) is 11.1 Å². The van der Waals surface area contributed by atoms with Gasteiger partial charge in [-0.05, 0) is 37.0 Å². The van der Waals surface area contributed by atoms with E-state index in [1.807, 2.05) is 12.3 Å². The SMILES string of the molecule is CCC(C)Nc1nccc(N2CCc3ccccc3C2)n1. The smallest absolute Gasteiger partial charge is 0.224 e. The summed E-state index contributed by atoms with van der Waals surface area (Å²) in [5, 5.41) is 3.34. The van der Waals surface area contributed by atoms with Crippen LogP contribution < -0.4 is 10.2 Å². The van der Waals surface area contributed by atoms with E-state index < -0.39 is 0 Å². The van der Waals surface area contributed by atoms with Crippen molar-refractivity contribution in [3.05, 3.63) is 47.7 Å². The van der Waals surface area contributed by atoms with Gasteiger partial charge in [0.1, 0.15) is 5.82 Å². The van der Waals surface area contributed by atoms with Crippen LogP contribution in [-0.4, -0.2) is 22.6 Å². The molecule has 1 atom stereocenters. The first-order chi connectivity index (χ1) is 10.3. The van der Waals surface area contributed by atoms with Crippen LogP contribution >= 0.6 is 0 Å². The molecule has 110 valence electrons. The van der Waals surface area contributed by atoms with E-state index in [2.05, 4.69) is 58.3 Å². The summed E-state index contributed by atoms with van der Waals surface area (Å²) in [6.45, 7) is 6.24. The Bertz CT molecular complexity index is 611. The molecular formula is C17H22N4. The minimum absolute atomic E-state index is 0.391. The van der Waals surface area contributed by atoms with E-state index in [-0.39, 0.29) is 0 Å². The molecule has 0 aliphatic carbocycles. The number of fused-ring (bicyclic) bond motifs is 1. The third-order valence-electron chi connectivity index (χ3n) is 4.08. The molecule has 0 spiro atoms. The quantitative estimate of drug-likeness (QED) is 0.934. The molecule has 1 aliphatic heterocycles. The molecule has 0 saturated carbocycles. The second-order valence-corrected chi connectivity index (χ2v) is 5.63. The molecular weight excluding hydrogens is 260 g/mol. The third kappa shape index (κ3) is 3.15. The lowest BCUT2D eigenvalue weighted by Gasteiger charge is -2.30. The Morgan fingerprint density at radius 1 is 1.24 bits per heavy atom. The average Bonchev–Trinajstić information content (AvgIpc) is 2.54. The van der Waals surface area contributed by atoms with Crippen molar-refractivity contribution in [2.24, 2.45) is 0 Å². The van der Waals surface area contributed by atoms with E-state index in [1.54, 1.807) is 0 Å². The first kappa shape index (κ1) is 13.9. The fraction of sp³-hybridized carbons (Fsp3) is 0.412. The molecule has 2 aromatic rings. The van der Waals surface area contributed by atoms with Gasteiger partial charge in [0.25, 0.3) is 0 Å². The number of nitrogens with zero attached hydrogens (tertiary/aromatic N) is 3. The molecule has 3 rings (SSSR count). The van der Waals surface area contributed by atoms with Gasteiger partial charge >= 0.3 is 0 Å². The first-order valence-corrected chi connectivity index (χ1v) is 7.67. The topological polar surface area (TPSA) is 41.1 Å². The maximum atomic E-state index is 4.66. The van der Waals surface area contributed by atoms with Gasteiger partial charge in [-0.25, -0.2) is 4.98 Å². The molecule has 1 N–H and O–H groups in total. The first-order valence-electron chi connectivity index (χ1n) is 7.67. The molecule has 2 heterocycles. The van der Waals surface area contributed by atoms with Crippen LogP contribution in [0.15, 0.2) is 36.5 Å². The molecule has 1 aromatic carbocycles. The molecule has 21 heavy (non-hydrogen) atoms. The monoisotopic (exact) mass is 282 g/mol. The van der Waals surface area contributed by atoms with Crippen LogP contribution in [-0.2, 0) is 13.0 Å². The van der Waals surface area contributed by atoms with E-state index in [4.69, 9.17) is 0 Å². The van der Waals surface area contributed by atoms with Crippen molar-refractivity contribution in [3.63, 3.8) is 0 Å². The molecule has 0 radical (unpaired) electrons. The van der Waals surface area contributed by atoms with Gasteiger partial charge < -0.3 is 10.2 Å². The molecule has 4 heteroatoms. The Balaban J connectivity index is 1.77. The highest BCUT2D eigenvalue weighted by Gasteiger charge is 2.17. The third-order valence-corrected chi connectivity index (χ3v) is 4.08. The van der Waals surface area contributed by atoms with Crippen molar-refractivity contribution in [1.29, 1.82) is 0 Å². The lowest BCUT2D eigenvalue weighted by Crippen LogP contribution is -2.31. The van der Waals surface area contributed by atoms with E-state index in [0.717, 1.165) is 37.7 Å². The highest BCUT2D eigenvalue weighted by molar-refractivity contribution is 5.46. The second kappa shape index (κ2) is 6.12. The Kier molecular flexibility index (Phi) is 4.04. The van der Waals surface area contributed by atoms with Crippen molar-refractivity contribution in [3.8, 4) is 0 Å². The van der Waals surface area contributed by atoms with Crippen molar-refractivity contribution in [1.82, 2.24) is 9.97 Å². The molecule has 1 aliphatic rings. The number of rotatable bonds is 4. The predicted octanol–water partition coefficient (Wildman–Crippen LogP) is 3.25. The van der Waals surface area contributed by atoms with Gasteiger partial charge in [-0.1, -0.05) is 31.2 Å². The Labute approximate surface area is 126 Å². The number of anilines is 2. The van der Waals surface area contributed by atoms with Gasteiger partial charge in [-0.2, -0.15) is 4.98 Å². The van der Waals surface area contributed by atoms with Crippen molar-refractivity contribution >= 4 is 11.8 Å². The van der Waals surface area contributed by atoms with E-state index in [9.17, 15) is 0 Å². The van der Waals surface area contributed by atoms with Gasteiger partial charge in [0.15, 0.2) is 0 Å². The summed E-state index contributed by atoms with van der Waals surface area (Å²) in [6.07, 6.45) is 3.98. The zero-order valence-corrected chi connectivity index (χ0v) is 12.7. The normalized spacial score (nSPS) is 15.4. The van der Waals surface area contributed by atoms with Crippen LogP contribution in [0.5, 0.6) is 0 Å². The summed E-state index contributed by atoms with van der Waals surface area (Å²) >= 11 is 0. The molecule has 1 aromatic heterocycles. The predicted molar refractivity (Wildman–Crippen MR) is 86.6 cm³/mol. The van der Waals surface area contributed by atoms with Crippen molar-refractivity contribution in [2.75, 3.05) is 16.8 Å². The van der Waals surface area contributed by atoms with E-state index in [0.29, 0.717) is 6.04 Å². The van der Waals surface area contributed by atoms with Crippen LogP contribution in [0.3, 0.4) is 0 Å². The summed E-state index contributed by atoms with van der Waals surface area (Å²) in [7, 11) is 0.